The van der Waals surface area contributed by atoms with Crippen molar-refractivity contribution in [3.8, 4) is 0 Å². The molecule has 108 valence electrons. The van der Waals surface area contributed by atoms with Gasteiger partial charge in [0, 0.05) is 25.1 Å². The Morgan fingerprint density at radius 2 is 2.35 bits per heavy atom. The van der Waals surface area contributed by atoms with Crippen molar-refractivity contribution in [1.29, 1.82) is 0 Å². The SMILES string of the molecule is CCn1c(=O)oc2cc(C(N)C3CCCOC3)ccc21. The van der Waals surface area contributed by atoms with Crippen LogP contribution in [0.1, 0.15) is 31.4 Å². The summed E-state index contributed by atoms with van der Waals surface area (Å²) in [6.45, 7) is 4.07. The van der Waals surface area contributed by atoms with E-state index in [0.29, 0.717) is 24.7 Å². The van der Waals surface area contributed by atoms with Crippen LogP contribution in [0.5, 0.6) is 0 Å². The van der Waals surface area contributed by atoms with E-state index in [-0.39, 0.29) is 11.8 Å². The Balaban J connectivity index is 1.94. The highest BCUT2D eigenvalue weighted by Gasteiger charge is 2.23. The third-order valence-electron chi connectivity index (χ3n) is 4.10. The van der Waals surface area contributed by atoms with Crippen LogP contribution in [0.4, 0.5) is 0 Å². The van der Waals surface area contributed by atoms with E-state index in [9.17, 15) is 4.79 Å². The quantitative estimate of drug-likeness (QED) is 0.931. The van der Waals surface area contributed by atoms with E-state index >= 15 is 0 Å². The van der Waals surface area contributed by atoms with E-state index in [1.807, 2.05) is 25.1 Å². The number of hydrogen-bond donors (Lipinski definition) is 1. The zero-order valence-electron chi connectivity index (χ0n) is 11.7. The summed E-state index contributed by atoms with van der Waals surface area (Å²) in [6, 6.07) is 5.73. The van der Waals surface area contributed by atoms with Gasteiger partial charge in [-0.1, -0.05) is 6.07 Å². The molecule has 0 radical (unpaired) electrons. The number of benzene rings is 1. The standard InChI is InChI=1S/C15H20N2O3/c1-2-17-12-6-5-10(8-13(12)20-15(17)18)14(16)11-4-3-7-19-9-11/h5-6,8,11,14H,2-4,7,9,16H2,1H3. The summed E-state index contributed by atoms with van der Waals surface area (Å²) in [4.78, 5) is 11.7. The molecule has 0 amide bonds. The van der Waals surface area contributed by atoms with Crippen molar-refractivity contribution in [1.82, 2.24) is 4.57 Å². The number of oxazole rings is 1. The third-order valence-corrected chi connectivity index (χ3v) is 4.10. The van der Waals surface area contributed by atoms with Crippen molar-refractivity contribution in [3.63, 3.8) is 0 Å². The zero-order valence-corrected chi connectivity index (χ0v) is 11.7. The molecule has 2 N–H and O–H groups in total. The number of nitrogens with two attached hydrogens (primary N) is 1. The van der Waals surface area contributed by atoms with Gasteiger partial charge in [0.25, 0.3) is 0 Å². The van der Waals surface area contributed by atoms with Crippen LogP contribution in [0.15, 0.2) is 27.4 Å². The summed E-state index contributed by atoms with van der Waals surface area (Å²) >= 11 is 0. The first kappa shape index (κ1) is 13.4. The van der Waals surface area contributed by atoms with Gasteiger partial charge in [-0.15, -0.1) is 0 Å². The minimum atomic E-state index is -0.311. The fourth-order valence-corrected chi connectivity index (χ4v) is 2.91. The molecule has 1 aliphatic heterocycles. The maximum Gasteiger partial charge on any atom is 0.419 e. The van der Waals surface area contributed by atoms with Crippen molar-refractivity contribution in [3.05, 3.63) is 34.3 Å². The summed E-state index contributed by atoms with van der Waals surface area (Å²) in [5.41, 5.74) is 8.78. The lowest BCUT2D eigenvalue weighted by molar-refractivity contribution is 0.0448. The van der Waals surface area contributed by atoms with Crippen molar-refractivity contribution >= 4 is 11.1 Å². The highest BCUT2D eigenvalue weighted by Crippen LogP contribution is 2.28. The van der Waals surface area contributed by atoms with E-state index in [1.54, 1.807) is 4.57 Å². The molecule has 0 bridgehead atoms. The molecule has 1 aliphatic rings. The molecule has 2 heterocycles. The molecule has 0 saturated carbocycles. The molecule has 5 heteroatoms. The minimum Gasteiger partial charge on any atom is -0.408 e. The number of fused-ring (bicyclic) bond motifs is 1. The molecular weight excluding hydrogens is 256 g/mol. The van der Waals surface area contributed by atoms with Crippen LogP contribution in [0, 0.1) is 5.92 Å². The highest BCUT2D eigenvalue weighted by atomic mass is 16.5. The van der Waals surface area contributed by atoms with Crippen LogP contribution in [0.25, 0.3) is 11.1 Å². The summed E-state index contributed by atoms with van der Waals surface area (Å²) in [5, 5.41) is 0. The Morgan fingerprint density at radius 1 is 1.50 bits per heavy atom. The van der Waals surface area contributed by atoms with Gasteiger partial charge in [-0.25, -0.2) is 4.79 Å². The van der Waals surface area contributed by atoms with E-state index in [4.69, 9.17) is 14.9 Å². The lowest BCUT2D eigenvalue weighted by Gasteiger charge is -2.27. The molecule has 20 heavy (non-hydrogen) atoms. The van der Waals surface area contributed by atoms with Gasteiger partial charge < -0.3 is 14.9 Å². The number of aromatic nitrogens is 1. The molecule has 1 saturated heterocycles. The first-order valence-electron chi connectivity index (χ1n) is 7.17. The van der Waals surface area contributed by atoms with Gasteiger partial charge in [0.2, 0.25) is 0 Å². The van der Waals surface area contributed by atoms with Gasteiger partial charge in [-0.2, -0.15) is 0 Å². The van der Waals surface area contributed by atoms with E-state index in [1.165, 1.54) is 0 Å². The van der Waals surface area contributed by atoms with Gasteiger partial charge in [-0.05, 0) is 37.5 Å². The third kappa shape index (κ3) is 2.27. The molecule has 0 aliphatic carbocycles. The Kier molecular flexibility index (Phi) is 3.63. The molecule has 3 rings (SSSR count). The number of aryl methyl sites for hydroxylation is 1. The maximum absolute atomic E-state index is 11.7. The second kappa shape index (κ2) is 5.42. The molecule has 0 spiro atoms. The summed E-state index contributed by atoms with van der Waals surface area (Å²) in [5.74, 6) is 0.0235. The number of nitrogens with zero attached hydrogens (tertiary/aromatic N) is 1. The van der Waals surface area contributed by atoms with Crippen molar-refractivity contribution in [2.45, 2.75) is 32.4 Å². The number of rotatable bonds is 3. The Bertz CT molecular complexity index is 653. The van der Waals surface area contributed by atoms with Crippen LogP contribution in [-0.4, -0.2) is 17.8 Å². The van der Waals surface area contributed by atoms with Crippen molar-refractivity contribution in [2.75, 3.05) is 13.2 Å². The molecule has 2 unspecified atom stereocenters. The second-order valence-electron chi connectivity index (χ2n) is 5.34. The van der Waals surface area contributed by atoms with Gasteiger partial charge in [0.05, 0.1) is 12.1 Å². The monoisotopic (exact) mass is 276 g/mol. The number of hydrogen-bond acceptors (Lipinski definition) is 4. The predicted octanol–water partition coefficient (Wildman–Crippen LogP) is 2.04. The maximum atomic E-state index is 11.7. The fourth-order valence-electron chi connectivity index (χ4n) is 2.91. The molecule has 1 aromatic carbocycles. The largest absolute Gasteiger partial charge is 0.419 e. The molecule has 2 aromatic rings. The van der Waals surface area contributed by atoms with Crippen LogP contribution in [-0.2, 0) is 11.3 Å². The molecular formula is C15H20N2O3. The van der Waals surface area contributed by atoms with Gasteiger partial charge in [0.15, 0.2) is 5.58 Å². The van der Waals surface area contributed by atoms with Crippen molar-refractivity contribution in [2.24, 2.45) is 11.7 Å². The smallest absolute Gasteiger partial charge is 0.408 e. The van der Waals surface area contributed by atoms with Crippen LogP contribution in [0.2, 0.25) is 0 Å². The zero-order chi connectivity index (χ0) is 14.1. The lowest BCUT2D eigenvalue weighted by atomic mass is 9.89. The molecule has 2 atom stereocenters. The predicted molar refractivity (Wildman–Crippen MR) is 76.6 cm³/mol. The Labute approximate surface area is 117 Å². The fraction of sp³-hybridized carbons (Fsp3) is 0.533. The van der Waals surface area contributed by atoms with Crippen LogP contribution in [0.3, 0.4) is 0 Å². The first-order chi connectivity index (χ1) is 9.70. The molecule has 1 fully saturated rings. The van der Waals surface area contributed by atoms with Crippen LogP contribution >= 0.6 is 0 Å². The van der Waals surface area contributed by atoms with E-state index in [0.717, 1.165) is 30.5 Å². The molecule has 1 aromatic heterocycles. The van der Waals surface area contributed by atoms with E-state index in [2.05, 4.69) is 0 Å². The van der Waals surface area contributed by atoms with Crippen molar-refractivity contribution < 1.29 is 9.15 Å². The Hall–Kier alpha value is -1.59. The summed E-state index contributed by atoms with van der Waals surface area (Å²) in [7, 11) is 0. The van der Waals surface area contributed by atoms with E-state index < -0.39 is 0 Å². The summed E-state index contributed by atoms with van der Waals surface area (Å²) < 4.78 is 12.4. The molecule has 5 nitrogen and oxygen atoms in total. The summed E-state index contributed by atoms with van der Waals surface area (Å²) in [6.07, 6.45) is 2.14. The van der Waals surface area contributed by atoms with Gasteiger partial charge >= 0.3 is 5.76 Å². The average Bonchev–Trinajstić information content (AvgIpc) is 2.81. The second-order valence-corrected chi connectivity index (χ2v) is 5.34. The van der Waals surface area contributed by atoms with Gasteiger partial charge in [-0.3, -0.25) is 4.57 Å². The average molecular weight is 276 g/mol. The highest BCUT2D eigenvalue weighted by molar-refractivity contribution is 5.73. The number of ether oxygens (including phenoxy) is 1. The van der Waals surface area contributed by atoms with Gasteiger partial charge in [0.1, 0.15) is 0 Å². The minimum absolute atomic E-state index is 0.0741. The lowest BCUT2D eigenvalue weighted by Crippen LogP contribution is -2.28. The Morgan fingerprint density at radius 3 is 3.05 bits per heavy atom. The topological polar surface area (TPSA) is 70.4 Å². The van der Waals surface area contributed by atoms with Crippen LogP contribution < -0.4 is 11.5 Å². The first-order valence-corrected chi connectivity index (χ1v) is 7.17. The normalized spacial score (nSPS) is 21.2.